The quantitative estimate of drug-likeness (QED) is 0.606. The predicted molar refractivity (Wildman–Crippen MR) is 109 cm³/mol. The minimum atomic E-state index is -0.323. The van der Waals surface area contributed by atoms with Crippen LogP contribution in [0.25, 0.3) is 0 Å². The number of aromatic nitrogens is 2. The van der Waals surface area contributed by atoms with E-state index < -0.39 is 0 Å². The van der Waals surface area contributed by atoms with E-state index in [0.717, 1.165) is 11.3 Å². The van der Waals surface area contributed by atoms with Crippen molar-refractivity contribution in [1.29, 1.82) is 0 Å². The molecule has 0 aliphatic rings. The number of ether oxygens (including phenoxy) is 3. The van der Waals surface area contributed by atoms with Gasteiger partial charge in [0.25, 0.3) is 5.91 Å². The summed E-state index contributed by atoms with van der Waals surface area (Å²) in [5.74, 6) is 2.10. The summed E-state index contributed by atoms with van der Waals surface area (Å²) in [5.41, 5.74) is 1.85. The summed E-state index contributed by atoms with van der Waals surface area (Å²) in [4.78, 5) is 12.4. The molecule has 2 aromatic carbocycles. The first-order valence-electron chi connectivity index (χ1n) is 8.87. The normalized spacial score (nSPS) is 10.2. The van der Waals surface area contributed by atoms with Crippen LogP contribution in [0.1, 0.15) is 16.1 Å². The number of anilines is 2. The highest BCUT2D eigenvalue weighted by atomic mass is 16.5. The summed E-state index contributed by atoms with van der Waals surface area (Å²) in [5, 5.41) is 14.0. The molecule has 0 saturated heterocycles. The van der Waals surface area contributed by atoms with Crippen molar-refractivity contribution in [1.82, 2.24) is 15.5 Å². The van der Waals surface area contributed by atoms with Crippen LogP contribution < -0.4 is 24.8 Å². The Balaban J connectivity index is 1.62. The van der Waals surface area contributed by atoms with Crippen molar-refractivity contribution < 1.29 is 19.0 Å². The Kier molecular flexibility index (Phi) is 6.47. The molecule has 0 unspecified atom stereocenters. The first kappa shape index (κ1) is 19.9. The summed E-state index contributed by atoms with van der Waals surface area (Å²) in [6.07, 6.45) is 0. The van der Waals surface area contributed by atoms with Crippen molar-refractivity contribution in [3.63, 3.8) is 0 Å². The number of rotatable bonds is 8. The first-order chi connectivity index (χ1) is 14.1. The molecule has 3 aromatic rings. The van der Waals surface area contributed by atoms with Crippen LogP contribution in [-0.2, 0) is 6.54 Å². The van der Waals surface area contributed by atoms with Gasteiger partial charge >= 0.3 is 0 Å². The van der Waals surface area contributed by atoms with Gasteiger partial charge in [-0.15, -0.1) is 10.2 Å². The second-order valence-electron chi connectivity index (χ2n) is 6.00. The van der Waals surface area contributed by atoms with E-state index in [9.17, 15) is 4.79 Å². The lowest BCUT2D eigenvalue weighted by Crippen LogP contribution is -2.24. The number of methoxy groups -OCH3 is 3. The fourth-order valence-electron chi connectivity index (χ4n) is 2.67. The number of hydrogen-bond acceptors (Lipinski definition) is 7. The summed E-state index contributed by atoms with van der Waals surface area (Å²) >= 11 is 0. The number of nitrogens with zero attached hydrogens (tertiary/aromatic N) is 2. The molecule has 3 rings (SSSR count). The van der Waals surface area contributed by atoms with Crippen molar-refractivity contribution in [2.24, 2.45) is 0 Å². The largest absolute Gasteiger partial charge is 0.495 e. The van der Waals surface area contributed by atoms with Gasteiger partial charge < -0.3 is 24.8 Å². The van der Waals surface area contributed by atoms with Crippen LogP contribution in [0.2, 0.25) is 0 Å². The minimum absolute atomic E-state index is 0.219. The zero-order valence-electron chi connectivity index (χ0n) is 16.4. The Morgan fingerprint density at radius 1 is 0.862 bits per heavy atom. The molecule has 1 heterocycles. The fourth-order valence-corrected chi connectivity index (χ4v) is 2.67. The van der Waals surface area contributed by atoms with Gasteiger partial charge in [-0.2, -0.15) is 0 Å². The Bertz CT molecular complexity index is 977. The van der Waals surface area contributed by atoms with E-state index >= 15 is 0 Å². The number of carbonyl (C=O) groups excluding carboxylic acids is 1. The molecule has 0 fully saturated rings. The van der Waals surface area contributed by atoms with Crippen LogP contribution in [0.3, 0.4) is 0 Å². The Morgan fingerprint density at radius 2 is 1.62 bits per heavy atom. The standard InChI is InChI=1S/C21H22N4O4/c1-27-17-7-5-4-6-15(17)23-20-11-9-16(24-25-20)21(26)22-13-14-8-10-18(28-2)19(12-14)29-3/h4-12H,13H2,1-3H3,(H,22,26)(H,23,25). The molecule has 150 valence electrons. The van der Waals surface area contributed by atoms with Gasteiger partial charge in [-0.05, 0) is 42.0 Å². The van der Waals surface area contributed by atoms with Crippen molar-refractivity contribution in [3.8, 4) is 17.2 Å². The zero-order chi connectivity index (χ0) is 20.6. The molecule has 0 radical (unpaired) electrons. The van der Waals surface area contributed by atoms with E-state index in [2.05, 4.69) is 20.8 Å². The minimum Gasteiger partial charge on any atom is -0.495 e. The lowest BCUT2D eigenvalue weighted by molar-refractivity contribution is 0.0945. The summed E-state index contributed by atoms with van der Waals surface area (Å²) in [6.45, 7) is 0.322. The molecular weight excluding hydrogens is 372 g/mol. The number of amides is 1. The smallest absolute Gasteiger partial charge is 0.272 e. The van der Waals surface area contributed by atoms with Crippen molar-refractivity contribution in [2.45, 2.75) is 6.54 Å². The molecule has 0 bridgehead atoms. The van der Waals surface area contributed by atoms with Gasteiger partial charge in [0.2, 0.25) is 0 Å². The van der Waals surface area contributed by atoms with Gasteiger partial charge in [-0.1, -0.05) is 18.2 Å². The van der Waals surface area contributed by atoms with Gasteiger partial charge in [-0.25, -0.2) is 0 Å². The molecule has 8 nitrogen and oxygen atoms in total. The molecule has 0 saturated carbocycles. The zero-order valence-corrected chi connectivity index (χ0v) is 16.4. The van der Waals surface area contributed by atoms with E-state index in [1.807, 2.05) is 36.4 Å². The Hall–Kier alpha value is -3.81. The third kappa shape index (κ3) is 4.92. The van der Waals surface area contributed by atoms with Gasteiger partial charge in [-0.3, -0.25) is 4.79 Å². The second kappa shape index (κ2) is 9.41. The summed E-state index contributed by atoms with van der Waals surface area (Å²) < 4.78 is 15.8. The van der Waals surface area contributed by atoms with Crippen LogP contribution in [0.5, 0.6) is 17.2 Å². The van der Waals surface area contributed by atoms with Gasteiger partial charge in [0.05, 0.1) is 27.0 Å². The number of nitrogens with one attached hydrogen (secondary N) is 2. The molecule has 0 aliphatic heterocycles. The van der Waals surface area contributed by atoms with Crippen LogP contribution in [-0.4, -0.2) is 37.4 Å². The Labute approximate surface area is 168 Å². The first-order valence-corrected chi connectivity index (χ1v) is 8.87. The lowest BCUT2D eigenvalue weighted by atomic mass is 10.2. The molecule has 0 spiro atoms. The van der Waals surface area contributed by atoms with E-state index in [1.165, 1.54) is 0 Å². The predicted octanol–water partition coefficient (Wildman–Crippen LogP) is 3.18. The molecule has 29 heavy (non-hydrogen) atoms. The van der Waals surface area contributed by atoms with Crippen molar-refractivity contribution in [3.05, 3.63) is 65.9 Å². The van der Waals surface area contributed by atoms with Crippen molar-refractivity contribution in [2.75, 3.05) is 26.6 Å². The molecule has 0 aliphatic carbocycles. The van der Waals surface area contributed by atoms with Crippen LogP contribution in [0.4, 0.5) is 11.5 Å². The van der Waals surface area contributed by atoms with E-state index in [4.69, 9.17) is 14.2 Å². The fraction of sp³-hybridized carbons (Fsp3) is 0.190. The molecule has 1 aromatic heterocycles. The van der Waals surface area contributed by atoms with Crippen LogP contribution in [0, 0.1) is 0 Å². The average Bonchev–Trinajstić information content (AvgIpc) is 2.78. The van der Waals surface area contributed by atoms with E-state index in [0.29, 0.717) is 29.6 Å². The highest BCUT2D eigenvalue weighted by molar-refractivity contribution is 5.92. The van der Waals surface area contributed by atoms with Gasteiger partial charge in [0.15, 0.2) is 23.0 Å². The number of hydrogen-bond donors (Lipinski definition) is 2. The van der Waals surface area contributed by atoms with Crippen molar-refractivity contribution >= 4 is 17.4 Å². The Morgan fingerprint density at radius 3 is 2.31 bits per heavy atom. The maximum Gasteiger partial charge on any atom is 0.272 e. The number of carbonyl (C=O) groups is 1. The average molecular weight is 394 g/mol. The molecular formula is C21H22N4O4. The highest BCUT2D eigenvalue weighted by Gasteiger charge is 2.10. The molecule has 8 heteroatoms. The summed E-state index contributed by atoms with van der Waals surface area (Å²) in [7, 11) is 4.73. The lowest BCUT2D eigenvalue weighted by Gasteiger charge is -2.11. The van der Waals surface area contributed by atoms with E-state index in [1.54, 1.807) is 39.5 Å². The molecule has 1 amide bonds. The monoisotopic (exact) mass is 394 g/mol. The molecule has 2 N–H and O–H groups in total. The SMILES string of the molecule is COc1ccccc1Nc1ccc(C(=O)NCc2ccc(OC)c(OC)c2)nn1. The number of para-hydroxylation sites is 2. The van der Waals surface area contributed by atoms with Gasteiger partial charge in [0.1, 0.15) is 5.75 Å². The van der Waals surface area contributed by atoms with E-state index in [-0.39, 0.29) is 11.6 Å². The van der Waals surface area contributed by atoms with Crippen LogP contribution in [0.15, 0.2) is 54.6 Å². The molecule has 0 atom stereocenters. The second-order valence-corrected chi connectivity index (χ2v) is 6.00. The highest BCUT2D eigenvalue weighted by Crippen LogP contribution is 2.27. The van der Waals surface area contributed by atoms with Crippen LogP contribution >= 0.6 is 0 Å². The van der Waals surface area contributed by atoms with Gasteiger partial charge in [0, 0.05) is 6.54 Å². The third-order valence-corrected chi connectivity index (χ3v) is 4.17. The summed E-state index contributed by atoms with van der Waals surface area (Å²) in [6, 6.07) is 16.2. The maximum absolute atomic E-state index is 12.4. The number of benzene rings is 2. The topological polar surface area (TPSA) is 94.6 Å². The third-order valence-electron chi connectivity index (χ3n) is 4.17. The maximum atomic E-state index is 12.4.